The highest BCUT2D eigenvalue weighted by atomic mass is 16.5. The van der Waals surface area contributed by atoms with Gasteiger partial charge in [-0.3, -0.25) is 0 Å². The standard InChI is InChI=1S/C23H27N5O2/c1-6-23(29,7-2)20-13-15(3)25-22-21(16(4)26-28(20)22)18-10-9-17(14-19(18)30-5)27-12-8-11-24-27/h8-14,29H,6-7H2,1-5H3. The first-order valence-corrected chi connectivity index (χ1v) is 10.2. The quantitative estimate of drug-likeness (QED) is 0.520. The van der Waals surface area contributed by atoms with Crippen LogP contribution in [0, 0.1) is 13.8 Å². The number of benzene rings is 1. The minimum Gasteiger partial charge on any atom is -0.496 e. The number of fused-ring (bicyclic) bond motifs is 1. The summed E-state index contributed by atoms with van der Waals surface area (Å²) in [6.45, 7) is 7.87. The van der Waals surface area contributed by atoms with E-state index in [2.05, 4.69) is 5.10 Å². The zero-order chi connectivity index (χ0) is 21.5. The predicted octanol–water partition coefficient (Wildman–Crippen LogP) is 4.22. The van der Waals surface area contributed by atoms with Crippen molar-refractivity contribution in [3.8, 4) is 22.6 Å². The number of aromatic nitrogens is 5. The molecule has 0 fully saturated rings. The zero-order valence-electron chi connectivity index (χ0n) is 18.0. The van der Waals surface area contributed by atoms with Crippen LogP contribution in [0.25, 0.3) is 22.5 Å². The van der Waals surface area contributed by atoms with Crippen molar-refractivity contribution in [2.45, 2.75) is 46.1 Å². The van der Waals surface area contributed by atoms with Crippen LogP contribution < -0.4 is 4.74 Å². The molecule has 0 unspecified atom stereocenters. The number of aryl methyl sites for hydroxylation is 2. The average Bonchev–Trinajstić information content (AvgIpc) is 3.40. The van der Waals surface area contributed by atoms with Gasteiger partial charge in [0, 0.05) is 29.7 Å². The van der Waals surface area contributed by atoms with E-state index < -0.39 is 5.60 Å². The van der Waals surface area contributed by atoms with Crippen molar-refractivity contribution in [3.63, 3.8) is 0 Å². The molecule has 7 nitrogen and oxygen atoms in total. The first-order chi connectivity index (χ1) is 14.4. The van der Waals surface area contributed by atoms with Crippen molar-refractivity contribution in [1.82, 2.24) is 24.4 Å². The number of hydrogen-bond acceptors (Lipinski definition) is 5. The molecular formula is C23H27N5O2. The smallest absolute Gasteiger partial charge is 0.163 e. The summed E-state index contributed by atoms with van der Waals surface area (Å²) in [6.07, 6.45) is 4.82. The monoisotopic (exact) mass is 405 g/mol. The lowest BCUT2D eigenvalue weighted by Crippen LogP contribution is -2.27. The van der Waals surface area contributed by atoms with Crippen LogP contribution in [0.3, 0.4) is 0 Å². The van der Waals surface area contributed by atoms with E-state index in [1.807, 2.05) is 64.2 Å². The Bertz CT molecular complexity index is 1190. The van der Waals surface area contributed by atoms with E-state index in [0.717, 1.165) is 33.9 Å². The second-order valence-electron chi connectivity index (χ2n) is 7.55. The number of aliphatic hydroxyl groups is 1. The van der Waals surface area contributed by atoms with E-state index >= 15 is 0 Å². The molecule has 7 heteroatoms. The van der Waals surface area contributed by atoms with E-state index in [9.17, 15) is 5.11 Å². The van der Waals surface area contributed by atoms with Gasteiger partial charge in [0.15, 0.2) is 5.65 Å². The fourth-order valence-electron chi connectivity index (χ4n) is 3.95. The van der Waals surface area contributed by atoms with Gasteiger partial charge in [0.1, 0.15) is 11.4 Å². The van der Waals surface area contributed by atoms with Gasteiger partial charge in [0.25, 0.3) is 0 Å². The van der Waals surface area contributed by atoms with E-state index in [0.29, 0.717) is 24.2 Å². The van der Waals surface area contributed by atoms with Crippen LogP contribution in [0.1, 0.15) is 43.8 Å². The zero-order valence-corrected chi connectivity index (χ0v) is 18.0. The molecule has 0 radical (unpaired) electrons. The van der Waals surface area contributed by atoms with E-state index in [1.165, 1.54) is 0 Å². The van der Waals surface area contributed by atoms with Gasteiger partial charge < -0.3 is 9.84 Å². The van der Waals surface area contributed by atoms with Crippen LogP contribution in [0.5, 0.6) is 5.75 Å². The molecule has 1 aromatic carbocycles. The maximum Gasteiger partial charge on any atom is 0.163 e. The summed E-state index contributed by atoms with van der Waals surface area (Å²) in [5.74, 6) is 0.715. The van der Waals surface area contributed by atoms with Gasteiger partial charge in [-0.05, 0) is 51.0 Å². The Balaban J connectivity index is 1.96. The number of methoxy groups -OCH3 is 1. The third-order valence-electron chi connectivity index (χ3n) is 5.76. The highest BCUT2D eigenvalue weighted by molar-refractivity contribution is 5.84. The first kappa shape index (κ1) is 20.1. The van der Waals surface area contributed by atoms with Gasteiger partial charge in [-0.1, -0.05) is 13.8 Å². The highest BCUT2D eigenvalue weighted by Crippen LogP contribution is 2.38. The number of hydrogen-bond donors (Lipinski definition) is 1. The minimum atomic E-state index is -0.963. The summed E-state index contributed by atoms with van der Waals surface area (Å²) in [5, 5.41) is 20.3. The maximum atomic E-state index is 11.2. The molecule has 1 N–H and O–H groups in total. The molecule has 0 aliphatic heterocycles. The van der Waals surface area contributed by atoms with Crippen molar-refractivity contribution < 1.29 is 9.84 Å². The largest absolute Gasteiger partial charge is 0.496 e. The van der Waals surface area contributed by atoms with Crippen LogP contribution in [0.4, 0.5) is 0 Å². The van der Waals surface area contributed by atoms with Crippen molar-refractivity contribution in [3.05, 3.63) is 59.8 Å². The molecule has 4 rings (SSSR count). The van der Waals surface area contributed by atoms with Crippen molar-refractivity contribution in [2.75, 3.05) is 7.11 Å². The number of ether oxygens (including phenoxy) is 1. The maximum absolute atomic E-state index is 11.2. The molecule has 4 aromatic rings. The molecule has 0 aliphatic rings. The fourth-order valence-corrected chi connectivity index (χ4v) is 3.95. The van der Waals surface area contributed by atoms with Crippen molar-refractivity contribution >= 4 is 5.65 Å². The fraction of sp³-hybridized carbons (Fsp3) is 0.348. The SMILES string of the molecule is CCC(O)(CC)c1cc(C)nc2c(-c3ccc(-n4cccn4)cc3OC)c(C)nn12. The lowest BCUT2D eigenvalue weighted by Gasteiger charge is -2.26. The van der Waals surface area contributed by atoms with Crippen molar-refractivity contribution in [1.29, 1.82) is 0 Å². The predicted molar refractivity (Wildman–Crippen MR) is 116 cm³/mol. The second-order valence-corrected chi connectivity index (χ2v) is 7.55. The number of nitrogens with zero attached hydrogens (tertiary/aromatic N) is 5. The topological polar surface area (TPSA) is 77.5 Å². The third-order valence-corrected chi connectivity index (χ3v) is 5.76. The van der Waals surface area contributed by atoms with Crippen molar-refractivity contribution in [2.24, 2.45) is 0 Å². The molecule has 0 spiro atoms. The molecule has 0 amide bonds. The summed E-state index contributed by atoms with van der Waals surface area (Å²) in [4.78, 5) is 4.78. The van der Waals surface area contributed by atoms with E-state index in [1.54, 1.807) is 22.5 Å². The first-order valence-electron chi connectivity index (χ1n) is 10.2. The number of rotatable bonds is 6. The molecule has 0 atom stereocenters. The summed E-state index contributed by atoms with van der Waals surface area (Å²) >= 11 is 0. The van der Waals surface area contributed by atoms with Crippen LogP contribution in [-0.4, -0.2) is 36.6 Å². The van der Waals surface area contributed by atoms with Gasteiger partial charge >= 0.3 is 0 Å². The third kappa shape index (κ3) is 3.15. The van der Waals surface area contributed by atoms with Gasteiger partial charge in [-0.2, -0.15) is 10.2 Å². The Kier molecular flexibility index (Phi) is 5.07. The van der Waals surface area contributed by atoms with Gasteiger partial charge in [-0.15, -0.1) is 0 Å². The van der Waals surface area contributed by atoms with E-state index in [4.69, 9.17) is 14.8 Å². The van der Waals surface area contributed by atoms with Crippen LogP contribution in [0.15, 0.2) is 42.7 Å². The molecule has 0 aliphatic carbocycles. The van der Waals surface area contributed by atoms with Crippen LogP contribution in [-0.2, 0) is 5.60 Å². The van der Waals surface area contributed by atoms with Gasteiger partial charge in [-0.25, -0.2) is 14.2 Å². The highest BCUT2D eigenvalue weighted by Gasteiger charge is 2.30. The summed E-state index contributed by atoms with van der Waals surface area (Å²) in [6, 6.07) is 9.77. The van der Waals surface area contributed by atoms with Gasteiger partial charge in [0.05, 0.1) is 29.7 Å². The summed E-state index contributed by atoms with van der Waals surface area (Å²) in [5.41, 5.74) is 4.89. The Hall–Kier alpha value is -3.19. The molecular weight excluding hydrogens is 378 g/mol. The van der Waals surface area contributed by atoms with Crippen LogP contribution in [0.2, 0.25) is 0 Å². The summed E-state index contributed by atoms with van der Waals surface area (Å²) in [7, 11) is 1.66. The Morgan fingerprint density at radius 2 is 1.90 bits per heavy atom. The van der Waals surface area contributed by atoms with E-state index in [-0.39, 0.29) is 0 Å². The Morgan fingerprint density at radius 1 is 1.13 bits per heavy atom. The van der Waals surface area contributed by atoms with Crippen LogP contribution >= 0.6 is 0 Å². The molecule has 30 heavy (non-hydrogen) atoms. The average molecular weight is 406 g/mol. The normalized spacial score (nSPS) is 11.9. The Morgan fingerprint density at radius 3 is 2.53 bits per heavy atom. The molecule has 0 bridgehead atoms. The van der Waals surface area contributed by atoms with Gasteiger partial charge in [0.2, 0.25) is 0 Å². The Labute approximate surface area is 176 Å². The minimum absolute atomic E-state index is 0.595. The second kappa shape index (κ2) is 7.57. The molecule has 156 valence electrons. The molecule has 3 aromatic heterocycles. The molecule has 0 saturated carbocycles. The lowest BCUT2D eigenvalue weighted by atomic mass is 9.92. The lowest BCUT2D eigenvalue weighted by molar-refractivity contribution is 0.0217. The molecule has 3 heterocycles. The molecule has 0 saturated heterocycles. The summed E-state index contributed by atoms with van der Waals surface area (Å²) < 4.78 is 9.30.